The van der Waals surface area contributed by atoms with Crippen LogP contribution in [0.1, 0.15) is 38.1 Å². The van der Waals surface area contributed by atoms with Crippen molar-refractivity contribution in [3.63, 3.8) is 0 Å². The normalized spacial score (nSPS) is 6.67. The first kappa shape index (κ1) is 13.4. The van der Waals surface area contributed by atoms with E-state index in [0.717, 1.165) is 6.29 Å². The van der Waals surface area contributed by atoms with Crippen molar-refractivity contribution in [2.24, 2.45) is 0 Å². The van der Waals surface area contributed by atoms with Gasteiger partial charge in [0, 0.05) is 18.0 Å². The molecule has 0 aliphatic heterocycles. The summed E-state index contributed by atoms with van der Waals surface area (Å²) < 4.78 is 0. The van der Waals surface area contributed by atoms with Crippen LogP contribution in [-0.4, -0.2) is 11.3 Å². The van der Waals surface area contributed by atoms with E-state index in [9.17, 15) is 4.79 Å². The zero-order valence-electron chi connectivity index (χ0n) is 8.24. The van der Waals surface area contributed by atoms with Gasteiger partial charge in [0.1, 0.15) is 6.29 Å². The average molecular weight is 167 g/mol. The third-order valence-electron chi connectivity index (χ3n) is 0.842. The van der Waals surface area contributed by atoms with Crippen molar-refractivity contribution in [1.29, 1.82) is 0 Å². The zero-order chi connectivity index (χ0) is 9.82. The summed E-state index contributed by atoms with van der Waals surface area (Å²) in [6.45, 7) is 8.00. The van der Waals surface area contributed by atoms with Gasteiger partial charge in [0.05, 0.1) is 0 Å². The SMILES string of the molecule is CC.CC.O=Cc1ccncc1. The molecule has 1 aromatic rings. The van der Waals surface area contributed by atoms with Crippen LogP contribution in [0.2, 0.25) is 0 Å². The minimum absolute atomic E-state index is 0.667. The standard InChI is InChI=1S/C6H5NO.2C2H6/c8-5-6-1-3-7-4-2-6;2*1-2/h1-5H;2*1-2H3. The molecule has 0 atom stereocenters. The van der Waals surface area contributed by atoms with Gasteiger partial charge in [-0.05, 0) is 12.1 Å². The van der Waals surface area contributed by atoms with E-state index in [2.05, 4.69) is 4.98 Å². The highest BCUT2D eigenvalue weighted by Crippen LogP contribution is 1.88. The second-order valence-electron chi connectivity index (χ2n) is 1.40. The number of hydrogen-bond donors (Lipinski definition) is 0. The smallest absolute Gasteiger partial charge is 0.150 e. The van der Waals surface area contributed by atoms with Crippen molar-refractivity contribution in [2.45, 2.75) is 27.7 Å². The van der Waals surface area contributed by atoms with Crippen LogP contribution in [0, 0.1) is 0 Å². The van der Waals surface area contributed by atoms with E-state index < -0.39 is 0 Å². The van der Waals surface area contributed by atoms with Crippen molar-refractivity contribution in [1.82, 2.24) is 4.98 Å². The molecular formula is C10H17NO. The van der Waals surface area contributed by atoms with E-state index >= 15 is 0 Å². The molecule has 0 N–H and O–H groups in total. The number of carbonyl (C=O) groups excluding carboxylic acids is 1. The molecule has 0 saturated heterocycles. The lowest BCUT2D eigenvalue weighted by Crippen LogP contribution is -1.76. The molecule has 2 nitrogen and oxygen atoms in total. The topological polar surface area (TPSA) is 30.0 Å². The predicted octanol–water partition coefficient (Wildman–Crippen LogP) is 2.95. The first-order valence-electron chi connectivity index (χ1n) is 4.28. The van der Waals surface area contributed by atoms with Crippen molar-refractivity contribution >= 4 is 6.29 Å². The maximum Gasteiger partial charge on any atom is 0.150 e. The van der Waals surface area contributed by atoms with Gasteiger partial charge in [-0.1, -0.05) is 27.7 Å². The van der Waals surface area contributed by atoms with Crippen LogP contribution >= 0.6 is 0 Å². The fraction of sp³-hybridized carbons (Fsp3) is 0.400. The van der Waals surface area contributed by atoms with Gasteiger partial charge in [-0.25, -0.2) is 0 Å². The highest BCUT2D eigenvalue weighted by molar-refractivity contribution is 5.73. The van der Waals surface area contributed by atoms with Gasteiger partial charge in [0.15, 0.2) is 0 Å². The monoisotopic (exact) mass is 167 g/mol. The van der Waals surface area contributed by atoms with E-state index in [4.69, 9.17) is 0 Å². The Bertz CT molecular complexity index is 172. The van der Waals surface area contributed by atoms with Crippen LogP contribution in [0.3, 0.4) is 0 Å². The van der Waals surface area contributed by atoms with Gasteiger partial charge in [-0.3, -0.25) is 9.78 Å². The Hall–Kier alpha value is -1.18. The summed E-state index contributed by atoms with van der Waals surface area (Å²) in [6, 6.07) is 3.32. The number of nitrogens with zero attached hydrogens (tertiary/aromatic N) is 1. The molecule has 68 valence electrons. The molecule has 1 aromatic heterocycles. The summed E-state index contributed by atoms with van der Waals surface area (Å²) in [4.78, 5) is 13.7. The van der Waals surface area contributed by atoms with E-state index in [1.165, 1.54) is 0 Å². The Morgan fingerprint density at radius 3 is 1.75 bits per heavy atom. The van der Waals surface area contributed by atoms with E-state index in [1.54, 1.807) is 24.5 Å². The minimum atomic E-state index is 0.667. The second kappa shape index (κ2) is 12.5. The fourth-order valence-corrected chi connectivity index (χ4v) is 0.442. The summed E-state index contributed by atoms with van der Waals surface area (Å²) in [5.74, 6) is 0. The van der Waals surface area contributed by atoms with Gasteiger partial charge in [-0.2, -0.15) is 0 Å². The van der Waals surface area contributed by atoms with E-state index in [1.807, 2.05) is 27.7 Å². The second-order valence-corrected chi connectivity index (χ2v) is 1.40. The third kappa shape index (κ3) is 6.93. The Labute approximate surface area is 74.6 Å². The number of aldehydes is 1. The molecule has 0 aliphatic rings. The molecule has 0 bridgehead atoms. The highest BCUT2D eigenvalue weighted by atomic mass is 16.1. The quantitative estimate of drug-likeness (QED) is 0.602. The largest absolute Gasteiger partial charge is 0.298 e. The van der Waals surface area contributed by atoms with Crippen molar-refractivity contribution in [2.75, 3.05) is 0 Å². The predicted molar refractivity (Wildman–Crippen MR) is 52.3 cm³/mol. The molecule has 0 fully saturated rings. The Morgan fingerprint density at radius 1 is 1.08 bits per heavy atom. The van der Waals surface area contributed by atoms with Crippen molar-refractivity contribution in [3.8, 4) is 0 Å². The van der Waals surface area contributed by atoms with Gasteiger partial charge in [0.2, 0.25) is 0 Å². The molecular weight excluding hydrogens is 150 g/mol. The lowest BCUT2D eigenvalue weighted by molar-refractivity contribution is 0.112. The molecule has 0 spiro atoms. The summed E-state index contributed by atoms with van der Waals surface area (Å²) in [5.41, 5.74) is 0.667. The first-order chi connectivity index (χ1) is 5.93. The number of aromatic nitrogens is 1. The Balaban J connectivity index is 0. The van der Waals surface area contributed by atoms with E-state index in [0.29, 0.717) is 5.56 Å². The van der Waals surface area contributed by atoms with Crippen molar-refractivity contribution < 1.29 is 4.79 Å². The number of rotatable bonds is 1. The number of hydrogen-bond acceptors (Lipinski definition) is 2. The fourth-order valence-electron chi connectivity index (χ4n) is 0.442. The van der Waals surface area contributed by atoms with Crippen molar-refractivity contribution in [3.05, 3.63) is 30.1 Å². The summed E-state index contributed by atoms with van der Waals surface area (Å²) in [6.07, 6.45) is 3.97. The van der Waals surface area contributed by atoms with E-state index in [-0.39, 0.29) is 0 Å². The molecule has 1 rings (SSSR count). The molecule has 0 aliphatic carbocycles. The van der Waals surface area contributed by atoms with Crippen LogP contribution in [0.15, 0.2) is 24.5 Å². The molecule has 0 radical (unpaired) electrons. The molecule has 12 heavy (non-hydrogen) atoms. The maximum atomic E-state index is 9.98. The number of carbonyl (C=O) groups is 1. The molecule has 0 aromatic carbocycles. The Kier molecular flexibility index (Phi) is 14.0. The first-order valence-corrected chi connectivity index (χ1v) is 4.28. The lowest BCUT2D eigenvalue weighted by Gasteiger charge is -1.81. The highest BCUT2D eigenvalue weighted by Gasteiger charge is 1.80. The van der Waals surface area contributed by atoms with Gasteiger partial charge in [-0.15, -0.1) is 0 Å². The summed E-state index contributed by atoms with van der Waals surface area (Å²) in [5, 5.41) is 0. The zero-order valence-corrected chi connectivity index (χ0v) is 8.24. The van der Waals surface area contributed by atoms with Crippen LogP contribution in [0.4, 0.5) is 0 Å². The third-order valence-corrected chi connectivity index (χ3v) is 0.842. The molecule has 0 saturated carbocycles. The van der Waals surface area contributed by atoms with Gasteiger partial charge < -0.3 is 0 Å². The van der Waals surface area contributed by atoms with Gasteiger partial charge >= 0.3 is 0 Å². The maximum absolute atomic E-state index is 9.98. The molecule has 2 heteroatoms. The van der Waals surface area contributed by atoms with Gasteiger partial charge in [0.25, 0.3) is 0 Å². The van der Waals surface area contributed by atoms with Crippen LogP contribution < -0.4 is 0 Å². The Morgan fingerprint density at radius 2 is 1.50 bits per heavy atom. The summed E-state index contributed by atoms with van der Waals surface area (Å²) >= 11 is 0. The average Bonchev–Trinajstić information content (AvgIpc) is 2.25. The minimum Gasteiger partial charge on any atom is -0.298 e. The van der Waals surface area contributed by atoms with Crippen LogP contribution in [0.5, 0.6) is 0 Å². The van der Waals surface area contributed by atoms with Crippen LogP contribution in [0.25, 0.3) is 0 Å². The lowest BCUT2D eigenvalue weighted by atomic mass is 10.3. The molecule has 0 unspecified atom stereocenters. The molecule has 0 amide bonds. The molecule has 1 heterocycles. The number of pyridine rings is 1. The van der Waals surface area contributed by atoms with Crippen LogP contribution in [-0.2, 0) is 0 Å². The summed E-state index contributed by atoms with van der Waals surface area (Å²) in [7, 11) is 0.